The van der Waals surface area contributed by atoms with Crippen LogP contribution in [0.15, 0.2) is 42.5 Å². The van der Waals surface area contributed by atoms with Crippen molar-refractivity contribution in [3.05, 3.63) is 58.6 Å². The van der Waals surface area contributed by atoms with Crippen LogP contribution in [0.3, 0.4) is 0 Å². The zero-order valence-electron chi connectivity index (χ0n) is 9.57. The summed E-state index contributed by atoms with van der Waals surface area (Å²) in [4.78, 5) is 0. The Kier molecular flexibility index (Phi) is 3.46. The summed E-state index contributed by atoms with van der Waals surface area (Å²) < 4.78 is 0. The Morgan fingerprint density at radius 2 is 1.88 bits per heavy atom. The average Bonchev–Trinajstić information content (AvgIpc) is 2.32. The van der Waals surface area contributed by atoms with Crippen molar-refractivity contribution in [3.63, 3.8) is 0 Å². The van der Waals surface area contributed by atoms with E-state index in [0.717, 1.165) is 27.3 Å². The highest BCUT2D eigenvalue weighted by atomic mass is 35.5. The fourth-order valence-electron chi connectivity index (χ4n) is 1.79. The summed E-state index contributed by atoms with van der Waals surface area (Å²) in [6.07, 6.45) is 0.445. The van der Waals surface area contributed by atoms with Crippen molar-refractivity contribution < 1.29 is 0 Å². The van der Waals surface area contributed by atoms with E-state index in [2.05, 4.69) is 18.2 Å². The molecule has 0 saturated carbocycles. The van der Waals surface area contributed by atoms with Crippen molar-refractivity contribution in [1.82, 2.24) is 0 Å². The van der Waals surface area contributed by atoms with Gasteiger partial charge in [-0.2, -0.15) is 5.26 Å². The van der Waals surface area contributed by atoms with Crippen LogP contribution in [-0.2, 0) is 6.42 Å². The highest BCUT2D eigenvalue weighted by molar-refractivity contribution is 6.30. The van der Waals surface area contributed by atoms with Crippen LogP contribution in [-0.4, -0.2) is 0 Å². The molecule has 0 spiro atoms. The molecule has 2 heteroatoms. The van der Waals surface area contributed by atoms with Crippen molar-refractivity contribution in [2.24, 2.45) is 0 Å². The summed E-state index contributed by atoms with van der Waals surface area (Å²) in [5.74, 6) is 0. The number of hydrogen-bond donors (Lipinski definition) is 0. The van der Waals surface area contributed by atoms with Gasteiger partial charge in [-0.3, -0.25) is 0 Å². The van der Waals surface area contributed by atoms with E-state index < -0.39 is 0 Å². The van der Waals surface area contributed by atoms with E-state index in [4.69, 9.17) is 16.9 Å². The first-order valence-corrected chi connectivity index (χ1v) is 5.81. The molecule has 0 aliphatic carbocycles. The fraction of sp³-hybridized carbons (Fsp3) is 0.133. The van der Waals surface area contributed by atoms with Crippen molar-refractivity contribution >= 4 is 11.6 Å². The molecule has 0 radical (unpaired) electrons. The van der Waals surface area contributed by atoms with Crippen molar-refractivity contribution in [3.8, 4) is 17.2 Å². The van der Waals surface area contributed by atoms with Crippen LogP contribution in [0.4, 0.5) is 0 Å². The number of nitrogens with zero attached hydrogens (tertiary/aromatic N) is 1. The molecule has 1 nitrogen and oxygen atoms in total. The standard InChI is InChI=1S/C15H12ClN/c1-11-5-6-14(9-12(11)7-8-17)13-3-2-4-15(16)10-13/h2-6,9-10H,7H2,1H3. The third-order valence-electron chi connectivity index (χ3n) is 2.78. The van der Waals surface area contributed by atoms with E-state index in [1.165, 1.54) is 0 Å². The van der Waals surface area contributed by atoms with Crippen LogP contribution < -0.4 is 0 Å². The molecular formula is C15H12ClN. The zero-order chi connectivity index (χ0) is 12.3. The minimum atomic E-state index is 0.445. The van der Waals surface area contributed by atoms with Gasteiger partial charge in [0.1, 0.15) is 0 Å². The number of aryl methyl sites for hydroxylation is 1. The number of halogens is 1. The summed E-state index contributed by atoms with van der Waals surface area (Å²) in [5.41, 5.74) is 4.40. The van der Waals surface area contributed by atoms with E-state index in [-0.39, 0.29) is 0 Å². The van der Waals surface area contributed by atoms with Gasteiger partial charge in [-0.05, 0) is 47.4 Å². The Labute approximate surface area is 106 Å². The monoisotopic (exact) mass is 241 g/mol. The molecule has 0 atom stereocenters. The second-order valence-electron chi connectivity index (χ2n) is 3.99. The maximum atomic E-state index is 8.78. The minimum Gasteiger partial charge on any atom is -0.198 e. The predicted molar refractivity (Wildman–Crippen MR) is 70.9 cm³/mol. The second-order valence-corrected chi connectivity index (χ2v) is 4.42. The van der Waals surface area contributed by atoms with Gasteiger partial charge in [-0.15, -0.1) is 0 Å². The predicted octanol–water partition coefficient (Wildman–Crippen LogP) is 4.38. The molecule has 84 valence electrons. The molecule has 0 aliphatic heterocycles. The molecule has 0 aliphatic rings. The van der Waals surface area contributed by atoms with E-state index in [1.54, 1.807) is 0 Å². The second kappa shape index (κ2) is 5.03. The van der Waals surface area contributed by atoms with E-state index in [0.29, 0.717) is 6.42 Å². The maximum Gasteiger partial charge on any atom is 0.0669 e. The highest BCUT2D eigenvalue weighted by Crippen LogP contribution is 2.25. The average molecular weight is 242 g/mol. The molecule has 0 fully saturated rings. The molecule has 2 aromatic rings. The normalized spacial score (nSPS) is 9.94. The SMILES string of the molecule is Cc1ccc(-c2cccc(Cl)c2)cc1CC#N. The van der Waals surface area contributed by atoms with Gasteiger partial charge in [0.2, 0.25) is 0 Å². The molecular weight excluding hydrogens is 230 g/mol. The smallest absolute Gasteiger partial charge is 0.0669 e. The van der Waals surface area contributed by atoms with Crippen molar-refractivity contribution in [2.45, 2.75) is 13.3 Å². The lowest BCUT2D eigenvalue weighted by atomic mass is 9.98. The topological polar surface area (TPSA) is 23.8 Å². The van der Waals surface area contributed by atoms with Crippen LogP contribution in [0.25, 0.3) is 11.1 Å². The van der Waals surface area contributed by atoms with Crippen LogP contribution in [0, 0.1) is 18.3 Å². The summed E-state index contributed by atoms with van der Waals surface area (Å²) in [6, 6.07) is 16.1. The summed E-state index contributed by atoms with van der Waals surface area (Å²) in [6.45, 7) is 2.02. The third kappa shape index (κ3) is 2.67. The van der Waals surface area contributed by atoms with Gasteiger partial charge in [-0.1, -0.05) is 35.9 Å². The summed E-state index contributed by atoms with van der Waals surface area (Å²) in [7, 11) is 0. The highest BCUT2D eigenvalue weighted by Gasteiger charge is 2.03. The number of nitriles is 1. The first-order chi connectivity index (χ1) is 8.20. The third-order valence-corrected chi connectivity index (χ3v) is 3.01. The van der Waals surface area contributed by atoms with Gasteiger partial charge in [0.05, 0.1) is 12.5 Å². The molecule has 0 unspecified atom stereocenters. The van der Waals surface area contributed by atoms with Gasteiger partial charge >= 0.3 is 0 Å². The largest absolute Gasteiger partial charge is 0.198 e. The first-order valence-electron chi connectivity index (χ1n) is 5.43. The molecule has 2 rings (SSSR count). The molecule has 0 amide bonds. The van der Waals surface area contributed by atoms with Crippen LogP contribution in [0.5, 0.6) is 0 Å². The van der Waals surface area contributed by atoms with Gasteiger partial charge in [0, 0.05) is 5.02 Å². The molecule has 0 N–H and O–H groups in total. The van der Waals surface area contributed by atoms with Gasteiger partial charge in [0.25, 0.3) is 0 Å². The quantitative estimate of drug-likeness (QED) is 0.765. The summed E-state index contributed by atoms with van der Waals surface area (Å²) in [5, 5.41) is 9.51. The van der Waals surface area contributed by atoms with E-state index in [1.807, 2.05) is 37.3 Å². The number of benzene rings is 2. The molecule has 0 aromatic heterocycles. The summed E-state index contributed by atoms with van der Waals surface area (Å²) >= 11 is 5.97. The molecule has 0 heterocycles. The minimum absolute atomic E-state index is 0.445. The van der Waals surface area contributed by atoms with Crippen molar-refractivity contribution in [2.75, 3.05) is 0 Å². The Morgan fingerprint density at radius 3 is 2.59 bits per heavy atom. The Hall–Kier alpha value is -1.78. The zero-order valence-corrected chi connectivity index (χ0v) is 10.3. The molecule has 0 bridgehead atoms. The number of hydrogen-bond acceptors (Lipinski definition) is 1. The number of rotatable bonds is 2. The van der Waals surface area contributed by atoms with E-state index >= 15 is 0 Å². The van der Waals surface area contributed by atoms with Gasteiger partial charge in [0.15, 0.2) is 0 Å². The maximum absolute atomic E-state index is 8.78. The Bertz CT molecular complexity index is 582. The molecule has 2 aromatic carbocycles. The van der Waals surface area contributed by atoms with Crippen LogP contribution in [0.1, 0.15) is 11.1 Å². The lowest BCUT2D eigenvalue weighted by molar-refractivity contribution is 1.21. The fourth-order valence-corrected chi connectivity index (χ4v) is 1.98. The first kappa shape index (κ1) is 11.7. The van der Waals surface area contributed by atoms with E-state index in [9.17, 15) is 0 Å². The van der Waals surface area contributed by atoms with Gasteiger partial charge in [-0.25, -0.2) is 0 Å². The van der Waals surface area contributed by atoms with Gasteiger partial charge < -0.3 is 0 Å². The van der Waals surface area contributed by atoms with Crippen molar-refractivity contribution in [1.29, 1.82) is 5.26 Å². The molecule has 0 saturated heterocycles. The van der Waals surface area contributed by atoms with Crippen LogP contribution >= 0.6 is 11.6 Å². The lowest BCUT2D eigenvalue weighted by Crippen LogP contribution is -1.88. The lowest BCUT2D eigenvalue weighted by Gasteiger charge is -2.07. The Balaban J connectivity index is 2.47. The van der Waals surface area contributed by atoms with Crippen LogP contribution in [0.2, 0.25) is 5.02 Å². The Morgan fingerprint density at radius 1 is 1.12 bits per heavy atom. The molecule has 17 heavy (non-hydrogen) atoms.